The Hall–Kier alpha value is -1.55. The third-order valence-electron chi connectivity index (χ3n) is 8.02. The highest BCUT2D eigenvalue weighted by atomic mass is 16.5. The molecule has 0 aromatic carbocycles. The summed E-state index contributed by atoms with van der Waals surface area (Å²) in [6.45, 7) is 8.15. The quantitative estimate of drug-likeness (QED) is 0.666. The molecular formula is C24H34O4. The maximum atomic E-state index is 12.5. The topological polar surface area (TPSA) is 66.8 Å². The lowest BCUT2D eigenvalue weighted by Gasteiger charge is -2.53. The van der Waals surface area contributed by atoms with E-state index >= 15 is 0 Å². The molecule has 28 heavy (non-hydrogen) atoms. The minimum atomic E-state index is -0.481. The van der Waals surface area contributed by atoms with Crippen LogP contribution in [0.1, 0.15) is 66.2 Å². The molecule has 4 rings (SSSR count). The Morgan fingerprint density at radius 1 is 1.18 bits per heavy atom. The van der Waals surface area contributed by atoms with Gasteiger partial charge in [0.2, 0.25) is 0 Å². The predicted octanol–water partition coefficient (Wildman–Crippen LogP) is 4.85. The molecule has 0 aliphatic heterocycles. The average Bonchev–Trinajstić information content (AvgIpc) is 2.97. The molecule has 154 valence electrons. The Labute approximate surface area is 168 Å². The van der Waals surface area contributed by atoms with Gasteiger partial charge < -0.3 is 14.9 Å². The van der Waals surface area contributed by atoms with Gasteiger partial charge in [-0.2, -0.15) is 0 Å². The highest BCUT2D eigenvalue weighted by Gasteiger charge is 2.58. The number of carbonyl (C=O) groups excluding carboxylic acids is 1. The van der Waals surface area contributed by atoms with E-state index in [-0.39, 0.29) is 29.5 Å². The van der Waals surface area contributed by atoms with Crippen molar-refractivity contribution in [2.24, 2.45) is 28.1 Å². The van der Waals surface area contributed by atoms with Crippen LogP contribution in [0, 0.1) is 28.1 Å². The number of allylic oxidation sites excluding steroid dienone is 5. The van der Waals surface area contributed by atoms with Crippen LogP contribution in [-0.2, 0) is 9.53 Å². The van der Waals surface area contributed by atoms with Crippen LogP contribution in [0.4, 0.5) is 0 Å². The standard InChI is InChI=1S/C24H34O4/c1-22(2,3)21(27)28-20-8-7-18-17-6-5-15-13-16(26)9-12-24(15,14-25)19(17)10-11-23(18,20)4/h5-6,13,18-20,25-26H,7-12,14H2,1-4H3/t18-,19-,20-,23-,24+/m0/s1. The summed E-state index contributed by atoms with van der Waals surface area (Å²) in [7, 11) is 0. The Bertz CT molecular complexity index is 768. The van der Waals surface area contributed by atoms with Crippen LogP contribution in [0.3, 0.4) is 0 Å². The molecule has 0 spiro atoms. The van der Waals surface area contributed by atoms with E-state index in [4.69, 9.17) is 4.74 Å². The monoisotopic (exact) mass is 386 g/mol. The number of aliphatic hydroxyl groups is 2. The first kappa shape index (κ1) is 19.8. The fourth-order valence-corrected chi connectivity index (χ4v) is 6.22. The molecule has 0 aromatic heterocycles. The highest BCUT2D eigenvalue weighted by molar-refractivity contribution is 5.75. The van der Waals surface area contributed by atoms with Gasteiger partial charge in [0.05, 0.1) is 17.8 Å². The van der Waals surface area contributed by atoms with Crippen molar-refractivity contribution in [1.82, 2.24) is 0 Å². The van der Waals surface area contributed by atoms with E-state index in [2.05, 4.69) is 19.1 Å². The second-order valence-corrected chi connectivity index (χ2v) is 10.6. The van der Waals surface area contributed by atoms with Crippen LogP contribution in [0.2, 0.25) is 0 Å². The van der Waals surface area contributed by atoms with Crippen LogP contribution in [0.15, 0.2) is 35.1 Å². The molecule has 2 N–H and O–H groups in total. The van der Waals surface area contributed by atoms with Crippen LogP contribution >= 0.6 is 0 Å². The number of esters is 1. The van der Waals surface area contributed by atoms with Crippen LogP contribution in [-0.4, -0.2) is 28.9 Å². The smallest absolute Gasteiger partial charge is 0.311 e. The fraction of sp³-hybridized carbons (Fsp3) is 0.708. The number of rotatable bonds is 2. The van der Waals surface area contributed by atoms with E-state index in [1.165, 1.54) is 5.57 Å². The molecule has 0 heterocycles. The van der Waals surface area contributed by atoms with Gasteiger partial charge in [-0.3, -0.25) is 4.79 Å². The van der Waals surface area contributed by atoms with Gasteiger partial charge >= 0.3 is 5.97 Å². The molecule has 2 fully saturated rings. The van der Waals surface area contributed by atoms with Crippen molar-refractivity contribution in [1.29, 1.82) is 0 Å². The zero-order valence-corrected chi connectivity index (χ0v) is 17.6. The Morgan fingerprint density at radius 3 is 2.61 bits per heavy atom. The SMILES string of the molecule is CC(C)(C)C(=O)O[C@H]1CC[C@H]2C3=CC=C4C=C(O)CC[C@]4(CO)[C@H]3CC[C@]12C. The van der Waals surface area contributed by atoms with Crippen molar-refractivity contribution in [2.45, 2.75) is 72.3 Å². The number of carbonyl (C=O) groups is 1. The molecule has 4 aliphatic carbocycles. The molecular weight excluding hydrogens is 352 g/mol. The van der Waals surface area contributed by atoms with Gasteiger partial charge in [0.15, 0.2) is 0 Å². The van der Waals surface area contributed by atoms with Gasteiger partial charge in [-0.15, -0.1) is 0 Å². The van der Waals surface area contributed by atoms with E-state index in [1.54, 1.807) is 0 Å². The molecule has 4 nitrogen and oxygen atoms in total. The van der Waals surface area contributed by atoms with E-state index < -0.39 is 5.41 Å². The largest absolute Gasteiger partial charge is 0.512 e. The summed E-state index contributed by atoms with van der Waals surface area (Å²) >= 11 is 0. The second-order valence-electron chi connectivity index (χ2n) is 10.6. The van der Waals surface area contributed by atoms with Gasteiger partial charge in [-0.25, -0.2) is 0 Å². The molecule has 0 aromatic rings. The third kappa shape index (κ3) is 2.79. The summed E-state index contributed by atoms with van der Waals surface area (Å²) in [6.07, 6.45) is 11.6. The molecule has 0 bridgehead atoms. The van der Waals surface area contributed by atoms with Crippen molar-refractivity contribution in [3.63, 3.8) is 0 Å². The van der Waals surface area contributed by atoms with E-state index in [9.17, 15) is 15.0 Å². The van der Waals surface area contributed by atoms with Crippen molar-refractivity contribution in [2.75, 3.05) is 6.61 Å². The first-order valence-electron chi connectivity index (χ1n) is 10.8. The van der Waals surface area contributed by atoms with Crippen molar-refractivity contribution < 1.29 is 19.7 Å². The number of hydrogen-bond donors (Lipinski definition) is 2. The summed E-state index contributed by atoms with van der Waals surface area (Å²) in [5.41, 5.74) is 1.72. The lowest BCUT2D eigenvalue weighted by molar-refractivity contribution is -0.165. The number of aliphatic hydroxyl groups excluding tert-OH is 2. The Balaban J connectivity index is 1.65. The van der Waals surface area contributed by atoms with E-state index in [0.717, 1.165) is 37.7 Å². The summed E-state index contributed by atoms with van der Waals surface area (Å²) in [5, 5.41) is 20.4. The van der Waals surface area contributed by atoms with Crippen LogP contribution in [0.25, 0.3) is 0 Å². The molecule has 2 saturated carbocycles. The summed E-state index contributed by atoms with van der Waals surface area (Å²) in [4.78, 5) is 12.5. The zero-order valence-electron chi connectivity index (χ0n) is 17.6. The number of fused-ring (bicyclic) bond motifs is 5. The van der Waals surface area contributed by atoms with Gasteiger partial charge in [0, 0.05) is 17.3 Å². The van der Waals surface area contributed by atoms with E-state index in [0.29, 0.717) is 24.0 Å². The zero-order chi connectivity index (χ0) is 20.3. The second kappa shape index (κ2) is 6.48. The van der Waals surface area contributed by atoms with Gasteiger partial charge in [-0.05, 0) is 76.4 Å². The molecule has 5 atom stereocenters. The molecule has 0 unspecified atom stereocenters. The first-order chi connectivity index (χ1) is 13.1. The first-order valence-corrected chi connectivity index (χ1v) is 10.8. The summed E-state index contributed by atoms with van der Waals surface area (Å²) in [5.74, 6) is 1.02. The molecule has 0 radical (unpaired) electrons. The van der Waals surface area contributed by atoms with Crippen molar-refractivity contribution in [3.05, 3.63) is 35.1 Å². The number of ether oxygens (including phenoxy) is 1. The Morgan fingerprint density at radius 2 is 1.93 bits per heavy atom. The lowest BCUT2D eigenvalue weighted by atomic mass is 9.51. The van der Waals surface area contributed by atoms with Crippen LogP contribution in [0.5, 0.6) is 0 Å². The molecule has 0 amide bonds. The predicted molar refractivity (Wildman–Crippen MR) is 109 cm³/mol. The number of hydrogen-bond acceptors (Lipinski definition) is 4. The minimum Gasteiger partial charge on any atom is -0.512 e. The lowest BCUT2D eigenvalue weighted by Crippen LogP contribution is -2.49. The third-order valence-corrected chi connectivity index (χ3v) is 8.02. The van der Waals surface area contributed by atoms with Crippen molar-refractivity contribution in [3.8, 4) is 0 Å². The average molecular weight is 387 g/mol. The maximum absolute atomic E-state index is 12.5. The van der Waals surface area contributed by atoms with E-state index in [1.807, 2.05) is 26.8 Å². The molecule has 0 saturated heterocycles. The van der Waals surface area contributed by atoms with Gasteiger partial charge in [0.25, 0.3) is 0 Å². The van der Waals surface area contributed by atoms with Crippen LogP contribution < -0.4 is 0 Å². The minimum absolute atomic E-state index is 0.0299. The summed E-state index contributed by atoms with van der Waals surface area (Å²) < 4.78 is 6.03. The Kier molecular flexibility index (Phi) is 4.57. The summed E-state index contributed by atoms with van der Waals surface area (Å²) in [6, 6.07) is 0. The van der Waals surface area contributed by atoms with Gasteiger partial charge in [0.1, 0.15) is 6.10 Å². The van der Waals surface area contributed by atoms with Gasteiger partial charge in [-0.1, -0.05) is 24.6 Å². The maximum Gasteiger partial charge on any atom is 0.311 e. The molecule has 4 heteroatoms. The fourth-order valence-electron chi connectivity index (χ4n) is 6.22. The van der Waals surface area contributed by atoms with Crippen molar-refractivity contribution >= 4 is 5.97 Å². The molecule has 4 aliphatic rings. The normalized spacial score (nSPS) is 39.8. The highest BCUT2D eigenvalue weighted by Crippen LogP contribution is 2.63.